The number of thiazole rings is 1. The zero-order valence-electron chi connectivity index (χ0n) is 11.7. The first kappa shape index (κ1) is 15.9. The summed E-state index contributed by atoms with van der Waals surface area (Å²) in [5, 5.41) is 1.25. The van der Waals surface area contributed by atoms with Gasteiger partial charge in [-0.25, -0.2) is 0 Å². The maximum atomic E-state index is 2.23. The molecule has 0 saturated carbocycles. The second-order valence-corrected chi connectivity index (χ2v) is 5.66. The SMILES string of the molecule is C[n+]1c(/C=C\C=C\c2ccccc2)sc2ccccc21.[I-]. The third-order valence-corrected chi connectivity index (χ3v) is 4.39. The number of hydrogen-bond acceptors (Lipinski definition) is 1. The van der Waals surface area contributed by atoms with E-state index in [4.69, 9.17) is 0 Å². The zero-order valence-corrected chi connectivity index (χ0v) is 14.7. The van der Waals surface area contributed by atoms with Gasteiger partial charge < -0.3 is 24.0 Å². The number of aromatic nitrogens is 1. The predicted octanol–water partition coefficient (Wildman–Crippen LogP) is 1.46. The first-order valence-corrected chi connectivity index (χ1v) is 7.43. The van der Waals surface area contributed by atoms with Crippen LogP contribution in [0.15, 0.2) is 66.7 Å². The van der Waals surface area contributed by atoms with Gasteiger partial charge in [-0.3, -0.25) is 0 Å². The number of para-hydroxylation sites is 1. The number of nitrogens with zero attached hydrogens (tertiary/aromatic N) is 1. The first-order chi connectivity index (χ1) is 9.84. The molecule has 3 heteroatoms. The average molecular weight is 405 g/mol. The van der Waals surface area contributed by atoms with Gasteiger partial charge in [0.25, 0.3) is 5.01 Å². The summed E-state index contributed by atoms with van der Waals surface area (Å²) in [7, 11) is 2.11. The zero-order chi connectivity index (χ0) is 13.8. The highest BCUT2D eigenvalue weighted by Gasteiger charge is 2.12. The quantitative estimate of drug-likeness (QED) is 0.353. The van der Waals surface area contributed by atoms with E-state index in [1.165, 1.54) is 20.8 Å². The molecular formula is C18H16INS. The van der Waals surface area contributed by atoms with E-state index in [1.54, 1.807) is 0 Å². The van der Waals surface area contributed by atoms with Crippen molar-refractivity contribution in [1.82, 2.24) is 0 Å². The largest absolute Gasteiger partial charge is 1.00 e. The fourth-order valence-electron chi connectivity index (χ4n) is 2.13. The van der Waals surface area contributed by atoms with Crippen LogP contribution in [0.3, 0.4) is 0 Å². The van der Waals surface area contributed by atoms with Crippen LogP contribution in [-0.2, 0) is 7.05 Å². The number of allylic oxidation sites excluding steroid dienone is 2. The van der Waals surface area contributed by atoms with E-state index in [9.17, 15) is 0 Å². The summed E-state index contributed by atoms with van der Waals surface area (Å²) in [6.45, 7) is 0. The Morgan fingerprint density at radius 1 is 0.857 bits per heavy atom. The van der Waals surface area contributed by atoms with Crippen LogP contribution < -0.4 is 28.5 Å². The topological polar surface area (TPSA) is 3.88 Å². The minimum atomic E-state index is 0. The Hall–Kier alpha value is -1.46. The Bertz CT molecular complexity index is 772. The first-order valence-electron chi connectivity index (χ1n) is 6.62. The van der Waals surface area contributed by atoms with Crippen molar-refractivity contribution < 1.29 is 28.5 Å². The second-order valence-electron chi connectivity index (χ2n) is 4.60. The maximum Gasteiger partial charge on any atom is 0.262 e. The summed E-state index contributed by atoms with van der Waals surface area (Å²) in [4.78, 5) is 0. The van der Waals surface area contributed by atoms with Gasteiger partial charge >= 0.3 is 0 Å². The van der Waals surface area contributed by atoms with E-state index in [0.717, 1.165) is 0 Å². The van der Waals surface area contributed by atoms with Gasteiger partial charge in [0.15, 0.2) is 0 Å². The number of aryl methyl sites for hydroxylation is 1. The lowest BCUT2D eigenvalue weighted by molar-refractivity contribution is -0.642. The minimum Gasteiger partial charge on any atom is -1.00 e. The number of fused-ring (bicyclic) bond motifs is 1. The molecule has 1 aromatic heterocycles. The van der Waals surface area contributed by atoms with E-state index in [1.807, 2.05) is 17.4 Å². The second kappa shape index (κ2) is 7.52. The summed E-state index contributed by atoms with van der Waals surface area (Å²) in [6, 6.07) is 18.8. The summed E-state index contributed by atoms with van der Waals surface area (Å²) in [5.41, 5.74) is 2.50. The molecule has 0 N–H and O–H groups in total. The smallest absolute Gasteiger partial charge is 0.262 e. The number of benzene rings is 2. The van der Waals surface area contributed by atoms with Gasteiger partial charge in [0.1, 0.15) is 11.7 Å². The fourth-order valence-corrected chi connectivity index (χ4v) is 3.20. The molecule has 0 spiro atoms. The van der Waals surface area contributed by atoms with Crippen molar-refractivity contribution >= 4 is 33.7 Å². The van der Waals surface area contributed by atoms with Crippen LogP contribution in [-0.4, -0.2) is 0 Å². The van der Waals surface area contributed by atoms with Crippen molar-refractivity contribution in [3.05, 3.63) is 77.3 Å². The van der Waals surface area contributed by atoms with E-state index >= 15 is 0 Å². The molecule has 0 unspecified atom stereocenters. The summed E-state index contributed by atoms with van der Waals surface area (Å²) in [5.74, 6) is 0. The van der Waals surface area contributed by atoms with Crippen molar-refractivity contribution in [2.24, 2.45) is 7.05 Å². The normalized spacial score (nSPS) is 11.3. The maximum absolute atomic E-state index is 2.23. The molecule has 0 radical (unpaired) electrons. The number of rotatable bonds is 3. The highest BCUT2D eigenvalue weighted by Crippen LogP contribution is 2.20. The van der Waals surface area contributed by atoms with Crippen molar-refractivity contribution in [2.45, 2.75) is 0 Å². The van der Waals surface area contributed by atoms with Crippen LogP contribution in [0.5, 0.6) is 0 Å². The molecule has 3 rings (SSSR count). The fraction of sp³-hybridized carbons (Fsp3) is 0.0556. The van der Waals surface area contributed by atoms with E-state index in [2.05, 4.69) is 84.4 Å². The molecule has 0 aliphatic heterocycles. The molecule has 0 fully saturated rings. The van der Waals surface area contributed by atoms with Gasteiger partial charge in [0.05, 0.1) is 0 Å². The molecule has 3 aromatic rings. The van der Waals surface area contributed by atoms with Gasteiger partial charge in [-0.05, 0) is 11.6 Å². The van der Waals surface area contributed by atoms with Crippen LogP contribution in [0.1, 0.15) is 10.6 Å². The third-order valence-electron chi connectivity index (χ3n) is 3.21. The van der Waals surface area contributed by atoms with Gasteiger partial charge in [-0.2, -0.15) is 4.57 Å². The minimum absolute atomic E-state index is 0. The standard InChI is InChI=1S/C18H16NS.HI/c1-19-16-12-6-7-13-17(16)20-18(19)14-8-5-11-15-9-3-2-4-10-15;/h2-14H,1H3;1H/q+1;/p-1/b11-5+,14-8-;. The molecule has 0 amide bonds. The van der Waals surface area contributed by atoms with E-state index < -0.39 is 0 Å². The van der Waals surface area contributed by atoms with Crippen LogP contribution >= 0.6 is 11.3 Å². The molecule has 106 valence electrons. The predicted molar refractivity (Wildman–Crippen MR) is 87.5 cm³/mol. The number of hydrogen-bond donors (Lipinski definition) is 0. The van der Waals surface area contributed by atoms with Crippen LogP contribution in [0, 0.1) is 0 Å². The monoisotopic (exact) mass is 405 g/mol. The molecule has 0 aliphatic carbocycles. The Labute approximate surface area is 146 Å². The third kappa shape index (κ3) is 3.80. The Balaban J connectivity index is 0.00000161. The van der Waals surface area contributed by atoms with Crippen LogP contribution in [0.2, 0.25) is 0 Å². The lowest BCUT2D eigenvalue weighted by atomic mass is 10.2. The van der Waals surface area contributed by atoms with Crippen molar-refractivity contribution in [1.29, 1.82) is 0 Å². The summed E-state index contributed by atoms with van der Waals surface area (Å²) >= 11 is 1.81. The van der Waals surface area contributed by atoms with Gasteiger partial charge in [-0.15, -0.1) is 0 Å². The van der Waals surface area contributed by atoms with Crippen molar-refractivity contribution in [3.63, 3.8) is 0 Å². The molecule has 1 nitrogen and oxygen atoms in total. The Morgan fingerprint density at radius 3 is 2.29 bits per heavy atom. The Morgan fingerprint density at radius 2 is 1.52 bits per heavy atom. The molecule has 0 aliphatic rings. The lowest BCUT2D eigenvalue weighted by Gasteiger charge is -1.88. The molecular weight excluding hydrogens is 389 g/mol. The lowest BCUT2D eigenvalue weighted by Crippen LogP contribution is -3.00. The number of halogens is 1. The van der Waals surface area contributed by atoms with E-state index in [0.29, 0.717) is 0 Å². The molecule has 0 atom stereocenters. The van der Waals surface area contributed by atoms with Crippen molar-refractivity contribution in [2.75, 3.05) is 0 Å². The van der Waals surface area contributed by atoms with Crippen LogP contribution in [0.25, 0.3) is 22.4 Å². The van der Waals surface area contributed by atoms with Crippen molar-refractivity contribution in [3.8, 4) is 0 Å². The van der Waals surface area contributed by atoms with Gasteiger partial charge in [0, 0.05) is 12.1 Å². The highest BCUT2D eigenvalue weighted by molar-refractivity contribution is 7.18. The molecule has 21 heavy (non-hydrogen) atoms. The molecule has 0 saturated heterocycles. The summed E-state index contributed by atoms with van der Waals surface area (Å²) in [6.07, 6.45) is 8.45. The average Bonchev–Trinajstić information content (AvgIpc) is 2.82. The van der Waals surface area contributed by atoms with Gasteiger partial charge in [0.2, 0.25) is 5.52 Å². The summed E-state index contributed by atoms with van der Waals surface area (Å²) < 4.78 is 3.55. The highest BCUT2D eigenvalue weighted by atomic mass is 127. The molecule has 0 bridgehead atoms. The Kier molecular flexibility index (Phi) is 5.70. The molecule has 1 heterocycles. The van der Waals surface area contributed by atoms with E-state index in [-0.39, 0.29) is 24.0 Å². The molecule has 2 aromatic carbocycles. The van der Waals surface area contributed by atoms with Crippen LogP contribution in [0.4, 0.5) is 0 Å². The van der Waals surface area contributed by atoms with Gasteiger partial charge in [-0.1, -0.05) is 72.0 Å².